The Labute approximate surface area is 162 Å². The van der Waals surface area contributed by atoms with Crippen molar-refractivity contribution >= 4 is 27.5 Å². The Hall–Kier alpha value is -3.53. The molecule has 2 aromatic carbocycles. The molecule has 6 N–H and O–H groups in total. The van der Waals surface area contributed by atoms with Crippen molar-refractivity contribution in [1.82, 2.24) is 0 Å². The lowest BCUT2D eigenvalue weighted by atomic mass is 10.1. The second-order valence-electron chi connectivity index (χ2n) is 5.50. The van der Waals surface area contributed by atoms with Crippen molar-refractivity contribution in [2.24, 2.45) is 11.5 Å². The van der Waals surface area contributed by atoms with Crippen LogP contribution < -0.4 is 30.7 Å². The average molecular weight is 405 g/mol. The molecule has 148 valence electrons. The molecule has 0 radical (unpaired) electrons. The molecule has 0 aliphatic rings. The smallest absolute Gasteiger partial charge is 0.353 e. The van der Waals surface area contributed by atoms with Crippen LogP contribution in [0.1, 0.15) is 10.4 Å². The summed E-state index contributed by atoms with van der Waals surface area (Å²) < 4.78 is 36.1. The first kappa shape index (κ1) is 20.8. The lowest BCUT2D eigenvalue weighted by Gasteiger charge is -2.08. The van der Waals surface area contributed by atoms with E-state index < -0.39 is 16.0 Å². The predicted octanol–water partition coefficient (Wildman–Crippen LogP) is -0.445. The Kier molecular flexibility index (Phi) is 6.61. The topological polar surface area (TPSA) is 148 Å². The maximum Gasteiger partial charge on any atom is 0.353 e. The minimum absolute atomic E-state index is 0.00293. The van der Waals surface area contributed by atoms with Crippen molar-refractivity contribution in [1.29, 1.82) is 0 Å². The number of carbonyl (C=O) groups is 1. The number of anilines is 1. The molecule has 28 heavy (non-hydrogen) atoms. The number of rotatable bonds is 8. The van der Waals surface area contributed by atoms with Crippen molar-refractivity contribution in [3.8, 4) is 11.5 Å². The van der Waals surface area contributed by atoms with Crippen molar-refractivity contribution < 1.29 is 27.1 Å². The number of nitrogens with two attached hydrogens (primary N) is 2. The van der Waals surface area contributed by atoms with Crippen LogP contribution in [0.3, 0.4) is 0 Å². The highest BCUT2D eigenvalue weighted by molar-refractivity contribution is 7.84. The lowest BCUT2D eigenvalue weighted by molar-refractivity contribution is -0.270. The first-order valence-corrected chi connectivity index (χ1v) is 9.45. The van der Waals surface area contributed by atoms with Gasteiger partial charge in [0.1, 0.15) is 4.90 Å². The zero-order chi connectivity index (χ0) is 20.7. The molecule has 0 aliphatic carbocycles. The van der Waals surface area contributed by atoms with Gasteiger partial charge in [-0.3, -0.25) is 16.3 Å². The summed E-state index contributed by atoms with van der Waals surface area (Å²) >= 11 is 0. The number of hydrogen-bond acceptors (Lipinski definition) is 6. The van der Waals surface area contributed by atoms with E-state index in [4.69, 9.17) is 20.9 Å². The van der Waals surface area contributed by atoms with Crippen LogP contribution in [0.25, 0.3) is 0 Å². The second-order valence-corrected chi connectivity index (χ2v) is 7.18. The van der Waals surface area contributed by atoms with Gasteiger partial charge in [0.25, 0.3) is 0 Å². The molecule has 0 fully saturated rings. The van der Waals surface area contributed by atoms with Gasteiger partial charge in [-0.1, -0.05) is 0 Å². The number of methoxy groups -OCH3 is 2. The van der Waals surface area contributed by atoms with E-state index in [9.17, 15) is 13.2 Å². The van der Waals surface area contributed by atoms with Gasteiger partial charge in [0.05, 0.1) is 14.2 Å². The molecule has 9 nitrogen and oxygen atoms in total. The van der Waals surface area contributed by atoms with Crippen LogP contribution in [-0.4, -0.2) is 34.4 Å². The van der Waals surface area contributed by atoms with E-state index in [1.54, 1.807) is 18.2 Å². The Morgan fingerprint density at radius 1 is 1.04 bits per heavy atom. The largest absolute Gasteiger partial charge is 0.493 e. The fourth-order valence-electron chi connectivity index (χ4n) is 2.24. The fraction of sp³-hybridized carbons (Fsp3) is 0.111. The van der Waals surface area contributed by atoms with E-state index in [1.165, 1.54) is 50.8 Å². The molecule has 0 unspecified atom stereocenters. The number of carbonyl (C=O) groups excluding carboxylic acids is 1. The summed E-state index contributed by atoms with van der Waals surface area (Å²) in [6.45, 7) is 0. The van der Waals surface area contributed by atoms with Gasteiger partial charge < -0.3 is 14.8 Å². The van der Waals surface area contributed by atoms with Crippen molar-refractivity contribution in [2.75, 3.05) is 19.5 Å². The molecule has 0 atom stereocenters. The molecule has 0 bridgehead atoms. The maximum absolute atomic E-state index is 12.3. The summed E-state index contributed by atoms with van der Waals surface area (Å²) in [5.74, 6) is 0.319. The molecule has 0 saturated carbocycles. The summed E-state index contributed by atoms with van der Waals surface area (Å²) in [4.78, 5) is 12.3. The minimum atomic E-state index is -3.82. The minimum Gasteiger partial charge on any atom is -0.493 e. The normalized spacial score (nSPS) is 11.1. The zero-order valence-electron chi connectivity index (χ0n) is 15.3. The van der Waals surface area contributed by atoms with Crippen LogP contribution in [0, 0.1) is 0 Å². The van der Waals surface area contributed by atoms with Crippen molar-refractivity contribution in [3.05, 3.63) is 60.3 Å². The molecule has 0 heterocycles. The number of benzene rings is 2. The number of ether oxygens (including phenoxy) is 2. The molecular weight excluding hydrogens is 384 g/mol. The third-order valence-corrected chi connectivity index (χ3v) is 4.97. The Morgan fingerprint density at radius 2 is 1.68 bits per heavy atom. The highest BCUT2D eigenvalue weighted by atomic mass is 32.2. The summed E-state index contributed by atoms with van der Waals surface area (Å²) in [6, 6.07) is 10.7. The van der Waals surface area contributed by atoms with E-state index in [1.807, 2.05) is 4.40 Å². The van der Waals surface area contributed by atoms with E-state index in [0.717, 1.165) is 0 Å². The monoisotopic (exact) mass is 405 g/mol. The van der Waals surface area contributed by atoms with Gasteiger partial charge in [-0.25, -0.2) is 0 Å². The van der Waals surface area contributed by atoms with Crippen LogP contribution in [0.4, 0.5) is 5.69 Å². The van der Waals surface area contributed by atoms with Gasteiger partial charge in [0.15, 0.2) is 17.3 Å². The Morgan fingerprint density at radius 3 is 2.25 bits per heavy atom. The van der Waals surface area contributed by atoms with Gasteiger partial charge in [0, 0.05) is 23.5 Å². The predicted molar refractivity (Wildman–Crippen MR) is 105 cm³/mol. The Bertz CT molecular complexity index is 1010. The third kappa shape index (κ3) is 5.24. The second kappa shape index (κ2) is 8.91. The zero-order valence-corrected chi connectivity index (χ0v) is 16.1. The van der Waals surface area contributed by atoms with Crippen molar-refractivity contribution in [2.45, 2.75) is 4.90 Å². The molecule has 0 spiro atoms. The Balaban J connectivity index is 2.07. The molecule has 2 aromatic rings. The summed E-state index contributed by atoms with van der Waals surface area (Å²) in [7, 11) is -0.816. The van der Waals surface area contributed by atoms with E-state index >= 15 is 0 Å². The van der Waals surface area contributed by atoms with Crippen LogP contribution >= 0.6 is 0 Å². The molecular formula is C18H21N4O5S+. The summed E-state index contributed by atoms with van der Waals surface area (Å²) in [5.41, 5.74) is 11.3. The van der Waals surface area contributed by atoms with Gasteiger partial charge in [0.2, 0.25) is 0 Å². The first-order chi connectivity index (χ1) is 13.3. The molecule has 0 amide bonds. The van der Waals surface area contributed by atoms with Gasteiger partial charge >= 0.3 is 16.0 Å². The quantitative estimate of drug-likeness (QED) is 0.200. The molecule has 2 rings (SSSR count). The van der Waals surface area contributed by atoms with Crippen LogP contribution in [0.5, 0.6) is 11.5 Å². The van der Waals surface area contributed by atoms with Gasteiger partial charge in [-0.2, -0.15) is 12.8 Å². The number of ketones is 1. The number of guanidine groups is 1. The van der Waals surface area contributed by atoms with E-state index in [2.05, 4.69) is 5.32 Å². The van der Waals surface area contributed by atoms with Gasteiger partial charge in [-0.15, -0.1) is 0 Å². The highest BCUT2D eigenvalue weighted by Crippen LogP contribution is 2.27. The standard InChI is InChI=1S/C18H20N4O5S/c1-26-16-8-3-12(11-17(16)27-2)15(23)9-10-21-13-4-6-14(7-5-13)28(24,25)22-18(19)20/h3-11,21H,1-2H3,(H4,19,20,22)/p+1/b10-9-. The lowest BCUT2D eigenvalue weighted by Crippen LogP contribution is -2.80. The summed E-state index contributed by atoms with van der Waals surface area (Å²) in [5, 5.41) is 2.89. The van der Waals surface area contributed by atoms with Gasteiger partial charge in [-0.05, 0) is 42.5 Å². The first-order valence-electron chi connectivity index (χ1n) is 7.97. The van der Waals surface area contributed by atoms with Crippen molar-refractivity contribution in [3.63, 3.8) is 0 Å². The molecule has 0 aliphatic heterocycles. The molecule has 10 heteroatoms. The summed E-state index contributed by atoms with van der Waals surface area (Å²) in [6.07, 6.45) is 2.80. The van der Waals surface area contributed by atoms with Crippen LogP contribution in [0.2, 0.25) is 0 Å². The SMILES string of the molecule is COc1ccc(C(=O)/C=C\Nc2ccc(S(=O)(=O)[NH+]=C(N)N)cc2)cc1OC. The number of hydrogen-bond donors (Lipinski definition) is 4. The van der Waals surface area contributed by atoms with E-state index in [-0.39, 0.29) is 10.7 Å². The molecule has 0 saturated heterocycles. The van der Waals surface area contributed by atoms with Crippen LogP contribution in [-0.2, 0) is 10.0 Å². The number of sulfonamides is 1. The third-order valence-electron chi connectivity index (χ3n) is 3.57. The van der Waals surface area contributed by atoms with E-state index in [0.29, 0.717) is 22.7 Å². The highest BCUT2D eigenvalue weighted by Gasteiger charge is 2.14. The fourth-order valence-corrected chi connectivity index (χ4v) is 3.17. The number of nitrogens with one attached hydrogen (secondary N) is 2. The number of allylic oxidation sites excluding steroid dienone is 1. The van der Waals surface area contributed by atoms with Crippen LogP contribution in [0.15, 0.2) is 59.6 Å². The molecule has 0 aromatic heterocycles. The average Bonchev–Trinajstić information content (AvgIpc) is 2.66. The maximum atomic E-state index is 12.3.